The van der Waals surface area contributed by atoms with Crippen LogP contribution in [0.25, 0.3) is 0 Å². The van der Waals surface area contributed by atoms with Crippen LogP contribution in [0.3, 0.4) is 0 Å². The van der Waals surface area contributed by atoms with E-state index in [0.717, 1.165) is 10.7 Å². The highest BCUT2D eigenvalue weighted by molar-refractivity contribution is 7.99. The Hall–Kier alpha value is -1.26. The summed E-state index contributed by atoms with van der Waals surface area (Å²) < 4.78 is 18.5. The molecule has 90 valence electrons. The summed E-state index contributed by atoms with van der Waals surface area (Å²) in [6, 6.07) is 10.1. The Morgan fingerprint density at radius 1 is 1.29 bits per heavy atom. The van der Waals surface area contributed by atoms with Crippen molar-refractivity contribution in [2.75, 3.05) is 0 Å². The van der Waals surface area contributed by atoms with Crippen LogP contribution in [0.15, 0.2) is 52.0 Å². The number of nitrogens with two attached hydrogens (primary N) is 1. The molecular weight excluding hydrogens is 237 g/mol. The summed E-state index contributed by atoms with van der Waals surface area (Å²) in [6.07, 6.45) is 1.62. The highest BCUT2D eigenvalue weighted by Gasteiger charge is 2.20. The van der Waals surface area contributed by atoms with E-state index in [1.165, 1.54) is 23.9 Å². The van der Waals surface area contributed by atoms with Crippen LogP contribution in [0.4, 0.5) is 4.39 Å². The molecule has 2 aromatic rings. The second-order valence-electron chi connectivity index (χ2n) is 3.87. The molecule has 0 aliphatic heterocycles. The minimum atomic E-state index is -0.238. The van der Waals surface area contributed by atoms with E-state index in [2.05, 4.69) is 0 Å². The number of thioether (sulfide) groups is 1. The molecular formula is C13H14FNOS. The number of hydrogen-bond donors (Lipinski definition) is 1. The van der Waals surface area contributed by atoms with Gasteiger partial charge in [-0.1, -0.05) is 6.07 Å². The summed E-state index contributed by atoms with van der Waals surface area (Å²) in [6.45, 7) is 1.92. The Bertz CT molecular complexity index is 470. The van der Waals surface area contributed by atoms with Gasteiger partial charge in [0, 0.05) is 10.9 Å². The summed E-state index contributed by atoms with van der Waals surface area (Å²) in [5.41, 5.74) is 5.94. The molecule has 0 radical (unpaired) electrons. The van der Waals surface area contributed by atoms with Crippen LogP contribution in [0.5, 0.6) is 0 Å². The van der Waals surface area contributed by atoms with Crippen LogP contribution in [-0.2, 0) is 0 Å². The maximum atomic E-state index is 13.1. The van der Waals surface area contributed by atoms with Crippen molar-refractivity contribution in [1.29, 1.82) is 0 Å². The normalized spacial score (nSPS) is 14.5. The lowest BCUT2D eigenvalue weighted by Crippen LogP contribution is -2.22. The monoisotopic (exact) mass is 251 g/mol. The molecule has 1 heterocycles. The molecule has 2 unspecified atom stereocenters. The highest BCUT2D eigenvalue weighted by atomic mass is 32.2. The number of benzene rings is 1. The number of hydrogen-bond acceptors (Lipinski definition) is 3. The van der Waals surface area contributed by atoms with Crippen molar-refractivity contribution in [3.63, 3.8) is 0 Å². The molecule has 4 heteroatoms. The minimum absolute atomic E-state index is 0.00759. The summed E-state index contributed by atoms with van der Waals surface area (Å²) in [7, 11) is 0. The fourth-order valence-corrected chi connectivity index (χ4v) is 2.66. The van der Waals surface area contributed by atoms with E-state index in [-0.39, 0.29) is 17.1 Å². The van der Waals surface area contributed by atoms with Gasteiger partial charge in [0.25, 0.3) is 0 Å². The first-order valence-corrected chi connectivity index (χ1v) is 6.26. The Morgan fingerprint density at radius 3 is 2.71 bits per heavy atom. The summed E-state index contributed by atoms with van der Waals surface area (Å²) in [5, 5.41) is -0.00759. The zero-order valence-electron chi connectivity index (χ0n) is 9.47. The molecule has 17 heavy (non-hydrogen) atoms. The van der Waals surface area contributed by atoms with Crippen LogP contribution in [0.2, 0.25) is 0 Å². The van der Waals surface area contributed by atoms with E-state index >= 15 is 0 Å². The van der Waals surface area contributed by atoms with Crippen LogP contribution < -0.4 is 5.73 Å². The van der Waals surface area contributed by atoms with Gasteiger partial charge >= 0.3 is 0 Å². The van der Waals surface area contributed by atoms with Gasteiger partial charge in [0.15, 0.2) is 0 Å². The van der Waals surface area contributed by atoms with Crippen LogP contribution >= 0.6 is 11.8 Å². The molecule has 0 saturated carbocycles. The lowest BCUT2D eigenvalue weighted by atomic mass is 10.2. The third kappa shape index (κ3) is 3.11. The van der Waals surface area contributed by atoms with Crippen molar-refractivity contribution in [1.82, 2.24) is 0 Å². The first-order valence-electron chi connectivity index (χ1n) is 5.38. The molecule has 0 spiro atoms. The third-order valence-corrected chi connectivity index (χ3v) is 3.80. The van der Waals surface area contributed by atoms with Crippen molar-refractivity contribution < 1.29 is 8.81 Å². The van der Waals surface area contributed by atoms with E-state index in [0.29, 0.717) is 0 Å². The molecule has 1 aromatic heterocycles. The average Bonchev–Trinajstić information content (AvgIpc) is 2.78. The molecule has 0 fully saturated rings. The van der Waals surface area contributed by atoms with E-state index in [9.17, 15) is 4.39 Å². The van der Waals surface area contributed by atoms with Gasteiger partial charge in [-0.15, -0.1) is 11.8 Å². The Morgan fingerprint density at radius 2 is 2.12 bits per heavy atom. The number of rotatable bonds is 4. The lowest BCUT2D eigenvalue weighted by Gasteiger charge is -2.17. The fourth-order valence-electron chi connectivity index (χ4n) is 1.56. The van der Waals surface area contributed by atoms with E-state index < -0.39 is 0 Å². The molecule has 2 N–H and O–H groups in total. The van der Waals surface area contributed by atoms with Gasteiger partial charge in [0.1, 0.15) is 11.6 Å². The van der Waals surface area contributed by atoms with Gasteiger partial charge in [-0.2, -0.15) is 0 Å². The first kappa shape index (κ1) is 12.2. The van der Waals surface area contributed by atoms with Gasteiger partial charge in [-0.3, -0.25) is 0 Å². The zero-order valence-corrected chi connectivity index (χ0v) is 10.3. The summed E-state index contributed by atoms with van der Waals surface area (Å²) >= 11 is 1.51. The van der Waals surface area contributed by atoms with Crippen molar-refractivity contribution in [3.05, 3.63) is 54.2 Å². The number of furan rings is 1. The molecule has 0 aliphatic rings. The third-order valence-electron chi connectivity index (χ3n) is 2.36. The van der Waals surface area contributed by atoms with Crippen LogP contribution in [0.1, 0.15) is 17.9 Å². The SMILES string of the molecule is CC(N)C(Sc1cccc(F)c1)c1ccco1. The standard InChI is InChI=1S/C13H14FNOS/c1-9(15)13(12-6-3-7-16-12)17-11-5-2-4-10(14)8-11/h2-9,13H,15H2,1H3. The highest BCUT2D eigenvalue weighted by Crippen LogP contribution is 2.37. The quantitative estimate of drug-likeness (QED) is 0.844. The predicted octanol–water partition coefficient (Wildman–Crippen LogP) is 3.60. The van der Waals surface area contributed by atoms with Gasteiger partial charge < -0.3 is 10.2 Å². The Balaban J connectivity index is 2.19. The lowest BCUT2D eigenvalue weighted by molar-refractivity contribution is 0.486. The van der Waals surface area contributed by atoms with Crippen molar-refractivity contribution in [2.24, 2.45) is 5.73 Å². The summed E-state index contributed by atoms with van der Waals surface area (Å²) in [5.74, 6) is 0.576. The minimum Gasteiger partial charge on any atom is -0.468 e. The van der Waals surface area contributed by atoms with E-state index in [1.807, 2.05) is 25.1 Å². The molecule has 1 aromatic carbocycles. The topological polar surface area (TPSA) is 39.2 Å². The van der Waals surface area contributed by atoms with Gasteiger partial charge in [-0.25, -0.2) is 4.39 Å². The Kier molecular flexibility index (Phi) is 3.86. The van der Waals surface area contributed by atoms with Gasteiger partial charge in [0.2, 0.25) is 0 Å². The second-order valence-corrected chi connectivity index (χ2v) is 5.09. The molecule has 2 atom stereocenters. The maximum absolute atomic E-state index is 13.1. The molecule has 0 aliphatic carbocycles. The fraction of sp³-hybridized carbons (Fsp3) is 0.231. The average molecular weight is 251 g/mol. The zero-order chi connectivity index (χ0) is 12.3. The van der Waals surface area contributed by atoms with Crippen molar-refractivity contribution in [2.45, 2.75) is 23.1 Å². The largest absolute Gasteiger partial charge is 0.468 e. The predicted molar refractivity (Wildman–Crippen MR) is 67.4 cm³/mol. The van der Waals surface area contributed by atoms with Gasteiger partial charge in [0.05, 0.1) is 11.5 Å². The van der Waals surface area contributed by atoms with E-state index in [4.69, 9.17) is 10.2 Å². The van der Waals surface area contributed by atoms with Crippen LogP contribution in [-0.4, -0.2) is 6.04 Å². The van der Waals surface area contributed by atoms with Crippen molar-refractivity contribution >= 4 is 11.8 Å². The summed E-state index contributed by atoms with van der Waals surface area (Å²) in [4.78, 5) is 0.851. The molecule has 2 nitrogen and oxygen atoms in total. The first-order chi connectivity index (χ1) is 8.16. The number of halogens is 1. The molecule has 0 amide bonds. The second kappa shape index (κ2) is 5.38. The van der Waals surface area contributed by atoms with E-state index in [1.54, 1.807) is 12.3 Å². The maximum Gasteiger partial charge on any atom is 0.124 e. The smallest absolute Gasteiger partial charge is 0.124 e. The molecule has 0 saturated heterocycles. The van der Waals surface area contributed by atoms with Crippen molar-refractivity contribution in [3.8, 4) is 0 Å². The van der Waals surface area contributed by atoms with Crippen LogP contribution in [0, 0.1) is 5.82 Å². The molecule has 0 bridgehead atoms. The van der Waals surface area contributed by atoms with Gasteiger partial charge in [-0.05, 0) is 37.3 Å². The molecule has 2 rings (SSSR count). The Labute approximate surface area is 104 Å².